The van der Waals surface area contributed by atoms with E-state index < -0.39 is 18.0 Å². The lowest BCUT2D eigenvalue weighted by molar-refractivity contribution is -0.137. The van der Waals surface area contributed by atoms with Crippen molar-refractivity contribution in [2.45, 2.75) is 33.8 Å². The topological polar surface area (TPSA) is 94.5 Å². The number of hydrogen-bond acceptors (Lipinski definition) is 7. The fraction of sp³-hybridized carbons (Fsp3) is 0.407. The van der Waals surface area contributed by atoms with Crippen molar-refractivity contribution >= 4 is 29.2 Å². The minimum absolute atomic E-state index is 0.197. The van der Waals surface area contributed by atoms with Crippen LogP contribution in [0, 0.1) is 5.41 Å². The van der Waals surface area contributed by atoms with E-state index in [0.29, 0.717) is 39.1 Å². The standard InChI is InChI=1S/C27H34ClNO7/c1-8-36-24(31)12-11-23(30)29(16-27(2,3)4)20-10-9-17(28)13-19(20)26(32)25-21(34-6)14-18(33-5)15-22(25)35-7/h9-15,26,32H,8,16H2,1-7H3. The maximum atomic E-state index is 13.3. The molecule has 0 aromatic heterocycles. The molecule has 2 rings (SSSR count). The maximum absolute atomic E-state index is 13.3. The fourth-order valence-corrected chi connectivity index (χ4v) is 3.80. The summed E-state index contributed by atoms with van der Waals surface area (Å²) in [6, 6.07) is 8.14. The summed E-state index contributed by atoms with van der Waals surface area (Å²) in [6.45, 7) is 8.10. The summed E-state index contributed by atoms with van der Waals surface area (Å²) < 4.78 is 21.2. The predicted octanol–water partition coefficient (Wildman–Crippen LogP) is 4.95. The number of hydrogen-bond donors (Lipinski definition) is 1. The Balaban J connectivity index is 2.69. The number of anilines is 1. The minimum atomic E-state index is -1.28. The molecular weight excluding hydrogens is 486 g/mol. The van der Waals surface area contributed by atoms with Gasteiger partial charge in [0.2, 0.25) is 0 Å². The first-order chi connectivity index (χ1) is 16.9. The number of aliphatic hydroxyl groups excluding tert-OH is 1. The number of carbonyl (C=O) groups is 2. The summed E-state index contributed by atoms with van der Waals surface area (Å²) in [5.41, 5.74) is 0.798. The number of rotatable bonds is 10. The van der Waals surface area contributed by atoms with Crippen LogP contribution in [-0.2, 0) is 14.3 Å². The second-order valence-corrected chi connectivity index (χ2v) is 9.56. The largest absolute Gasteiger partial charge is 0.496 e. The van der Waals surface area contributed by atoms with E-state index in [0.717, 1.165) is 12.2 Å². The van der Waals surface area contributed by atoms with Gasteiger partial charge in [0, 0.05) is 41.4 Å². The van der Waals surface area contributed by atoms with Crippen molar-refractivity contribution < 1.29 is 33.6 Å². The first kappa shape index (κ1) is 29.0. The first-order valence-electron chi connectivity index (χ1n) is 11.4. The summed E-state index contributed by atoms with van der Waals surface area (Å²) in [7, 11) is 4.46. The number of aliphatic hydroxyl groups is 1. The molecule has 196 valence electrons. The fourth-order valence-electron chi connectivity index (χ4n) is 3.62. The lowest BCUT2D eigenvalue weighted by Crippen LogP contribution is -2.38. The third-order valence-corrected chi connectivity index (χ3v) is 5.38. The van der Waals surface area contributed by atoms with Gasteiger partial charge in [0.05, 0.1) is 39.2 Å². The van der Waals surface area contributed by atoms with E-state index in [1.807, 2.05) is 20.8 Å². The Labute approximate surface area is 217 Å². The van der Waals surface area contributed by atoms with Crippen molar-refractivity contribution in [3.05, 3.63) is 58.6 Å². The summed E-state index contributed by atoms with van der Waals surface area (Å²) in [5.74, 6) is 0.0775. The van der Waals surface area contributed by atoms with Gasteiger partial charge in [-0.1, -0.05) is 32.4 Å². The minimum Gasteiger partial charge on any atom is -0.496 e. The maximum Gasteiger partial charge on any atom is 0.330 e. The molecule has 0 spiro atoms. The van der Waals surface area contributed by atoms with E-state index in [-0.39, 0.29) is 18.6 Å². The van der Waals surface area contributed by atoms with Crippen LogP contribution in [-0.4, -0.2) is 51.5 Å². The molecule has 0 fully saturated rings. The van der Waals surface area contributed by atoms with Gasteiger partial charge >= 0.3 is 5.97 Å². The van der Waals surface area contributed by atoms with Crippen molar-refractivity contribution in [1.29, 1.82) is 0 Å². The Morgan fingerprint density at radius 2 is 1.64 bits per heavy atom. The van der Waals surface area contributed by atoms with Crippen LogP contribution >= 0.6 is 11.6 Å². The van der Waals surface area contributed by atoms with Crippen LogP contribution in [0.15, 0.2) is 42.5 Å². The highest BCUT2D eigenvalue weighted by Gasteiger charge is 2.29. The van der Waals surface area contributed by atoms with Gasteiger partial charge in [0.25, 0.3) is 5.91 Å². The molecule has 0 aliphatic rings. The van der Waals surface area contributed by atoms with Crippen LogP contribution in [0.5, 0.6) is 17.2 Å². The van der Waals surface area contributed by atoms with E-state index in [1.54, 1.807) is 37.3 Å². The Kier molecular flexibility index (Phi) is 10.2. The lowest BCUT2D eigenvalue weighted by atomic mass is 9.93. The Morgan fingerprint density at radius 1 is 1.03 bits per heavy atom. The number of carbonyl (C=O) groups excluding carboxylic acids is 2. The number of esters is 1. The van der Waals surface area contributed by atoms with Crippen molar-refractivity contribution in [2.75, 3.05) is 39.4 Å². The van der Waals surface area contributed by atoms with E-state index in [4.69, 9.17) is 30.5 Å². The molecule has 0 bridgehead atoms. The molecular formula is C27H34ClNO7. The number of ether oxygens (including phenoxy) is 4. The zero-order chi connectivity index (χ0) is 27.0. The molecule has 36 heavy (non-hydrogen) atoms. The number of methoxy groups -OCH3 is 3. The van der Waals surface area contributed by atoms with E-state index in [2.05, 4.69) is 0 Å². The van der Waals surface area contributed by atoms with Gasteiger partial charge in [-0.05, 0) is 30.5 Å². The van der Waals surface area contributed by atoms with Gasteiger partial charge in [-0.3, -0.25) is 4.79 Å². The van der Waals surface area contributed by atoms with E-state index in [1.165, 1.54) is 26.2 Å². The van der Waals surface area contributed by atoms with Crippen molar-refractivity contribution in [3.63, 3.8) is 0 Å². The van der Waals surface area contributed by atoms with Gasteiger partial charge < -0.3 is 29.0 Å². The smallest absolute Gasteiger partial charge is 0.330 e. The van der Waals surface area contributed by atoms with Crippen LogP contribution in [0.25, 0.3) is 0 Å². The van der Waals surface area contributed by atoms with E-state index in [9.17, 15) is 14.7 Å². The molecule has 1 N–H and O–H groups in total. The van der Waals surface area contributed by atoms with Gasteiger partial charge in [-0.15, -0.1) is 0 Å². The van der Waals surface area contributed by atoms with Crippen LogP contribution in [0.4, 0.5) is 5.69 Å². The quantitative estimate of drug-likeness (QED) is 0.350. The molecule has 8 nitrogen and oxygen atoms in total. The Bertz CT molecular complexity index is 1080. The zero-order valence-corrected chi connectivity index (χ0v) is 22.5. The second kappa shape index (κ2) is 12.6. The molecule has 0 aliphatic carbocycles. The predicted molar refractivity (Wildman–Crippen MR) is 139 cm³/mol. The molecule has 2 aromatic carbocycles. The third kappa shape index (κ3) is 7.38. The zero-order valence-electron chi connectivity index (χ0n) is 21.8. The third-order valence-electron chi connectivity index (χ3n) is 5.15. The summed E-state index contributed by atoms with van der Waals surface area (Å²) >= 11 is 6.33. The Morgan fingerprint density at radius 3 is 2.14 bits per heavy atom. The molecule has 2 aromatic rings. The molecule has 0 aliphatic heterocycles. The van der Waals surface area contributed by atoms with Crippen LogP contribution < -0.4 is 19.1 Å². The molecule has 1 atom stereocenters. The average molecular weight is 520 g/mol. The molecule has 1 amide bonds. The molecule has 0 radical (unpaired) electrons. The summed E-state index contributed by atoms with van der Waals surface area (Å²) in [4.78, 5) is 26.6. The summed E-state index contributed by atoms with van der Waals surface area (Å²) in [6.07, 6.45) is 0.963. The summed E-state index contributed by atoms with van der Waals surface area (Å²) in [5, 5.41) is 12.0. The molecule has 1 unspecified atom stereocenters. The lowest BCUT2D eigenvalue weighted by Gasteiger charge is -2.32. The number of benzene rings is 2. The van der Waals surface area contributed by atoms with Crippen LogP contribution in [0.3, 0.4) is 0 Å². The average Bonchev–Trinajstić information content (AvgIpc) is 2.84. The molecule has 9 heteroatoms. The Hall–Kier alpha value is -3.23. The van der Waals surface area contributed by atoms with Crippen molar-refractivity contribution in [2.24, 2.45) is 5.41 Å². The second-order valence-electron chi connectivity index (χ2n) is 9.12. The van der Waals surface area contributed by atoms with Crippen LogP contribution in [0.2, 0.25) is 5.02 Å². The van der Waals surface area contributed by atoms with Gasteiger partial charge in [0.15, 0.2) is 0 Å². The first-order valence-corrected chi connectivity index (χ1v) is 11.8. The van der Waals surface area contributed by atoms with Gasteiger partial charge in [-0.2, -0.15) is 0 Å². The molecule has 0 saturated heterocycles. The highest BCUT2D eigenvalue weighted by molar-refractivity contribution is 6.30. The van der Waals surface area contributed by atoms with Gasteiger partial charge in [0.1, 0.15) is 23.4 Å². The number of halogens is 1. The molecule has 0 heterocycles. The highest BCUT2D eigenvalue weighted by Crippen LogP contribution is 2.44. The van der Waals surface area contributed by atoms with E-state index >= 15 is 0 Å². The van der Waals surface area contributed by atoms with Crippen molar-refractivity contribution in [1.82, 2.24) is 0 Å². The van der Waals surface area contributed by atoms with Crippen molar-refractivity contribution in [3.8, 4) is 17.2 Å². The van der Waals surface area contributed by atoms with Crippen LogP contribution in [0.1, 0.15) is 44.9 Å². The molecule has 0 saturated carbocycles. The monoisotopic (exact) mass is 519 g/mol. The van der Waals surface area contributed by atoms with Gasteiger partial charge in [-0.25, -0.2) is 4.79 Å². The highest BCUT2D eigenvalue weighted by atomic mass is 35.5. The normalized spacial score (nSPS) is 12.2. The SMILES string of the molecule is CCOC(=O)C=CC(=O)N(CC(C)(C)C)c1ccc(Cl)cc1C(O)c1c(OC)cc(OC)cc1OC. The number of amides is 1. The number of nitrogens with zero attached hydrogens (tertiary/aromatic N) is 1.